The second-order valence-corrected chi connectivity index (χ2v) is 62.3. The van der Waals surface area contributed by atoms with Crippen LogP contribution in [0, 0.1) is 10.8 Å². The van der Waals surface area contributed by atoms with Crippen molar-refractivity contribution >= 4 is 56.6 Å². The molecule has 4 heteroatoms. The number of halogens is 2. The summed E-state index contributed by atoms with van der Waals surface area (Å²) in [6, 6.07) is 45.6. The zero-order valence-corrected chi connectivity index (χ0v) is 39.9. The van der Waals surface area contributed by atoms with E-state index in [0.29, 0.717) is 0 Å². The number of allylic oxidation sites excluding steroid dienone is 2. The molecule has 2 fully saturated rings. The Balaban J connectivity index is 1.22. The van der Waals surface area contributed by atoms with E-state index in [-0.39, 0.29) is 18.1 Å². The molecule has 2 atom stereocenters. The summed E-state index contributed by atoms with van der Waals surface area (Å²) in [4.78, 5) is 0. The van der Waals surface area contributed by atoms with Crippen LogP contribution in [0.3, 0.4) is 0 Å². The maximum atomic E-state index is 9.19. The van der Waals surface area contributed by atoms with Gasteiger partial charge in [0.1, 0.15) is 0 Å². The average Bonchev–Trinajstić information content (AvgIpc) is 4.02. The summed E-state index contributed by atoms with van der Waals surface area (Å²) in [5.74, 6) is -1.76. The Morgan fingerprint density at radius 1 is 0.500 bits per heavy atom. The van der Waals surface area contributed by atoms with Crippen molar-refractivity contribution in [3.05, 3.63) is 155 Å². The minimum absolute atomic E-state index is 0.0794. The van der Waals surface area contributed by atoms with Crippen molar-refractivity contribution in [3.8, 4) is 22.3 Å². The van der Waals surface area contributed by atoms with Gasteiger partial charge in [0.25, 0.3) is 0 Å². The van der Waals surface area contributed by atoms with Crippen molar-refractivity contribution < 1.29 is 15.6 Å². The van der Waals surface area contributed by atoms with E-state index in [1.54, 1.807) is 0 Å². The molecule has 0 bridgehead atoms. The second kappa shape index (κ2) is 14.6. The van der Waals surface area contributed by atoms with Gasteiger partial charge in [0, 0.05) is 0 Å². The fraction of sp³-hybridized carbons (Fsp3) is 0.333. The van der Waals surface area contributed by atoms with Crippen molar-refractivity contribution in [1.82, 2.24) is 0 Å². The molecule has 0 N–H and O–H groups in total. The number of hydrogen-bond donors (Lipinski definition) is 0. The van der Waals surface area contributed by atoms with Crippen molar-refractivity contribution in [2.75, 3.05) is 0 Å². The average molecular weight is 896 g/mol. The molecule has 0 aliphatic heterocycles. The van der Waals surface area contributed by atoms with E-state index in [0.717, 1.165) is 12.8 Å². The molecule has 10 rings (SSSR count). The summed E-state index contributed by atoms with van der Waals surface area (Å²) in [5, 5.41) is 5.17. The second-order valence-electron chi connectivity index (χ2n) is 19.7. The van der Waals surface area contributed by atoms with E-state index in [2.05, 4.69) is 160 Å². The number of benzene rings is 6. The van der Waals surface area contributed by atoms with Gasteiger partial charge in [-0.2, -0.15) is 0 Å². The van der Waals surface area contributed by atoms with E-state index in [9.17, 15) is 17.0 Å². The third kappa shape index (κ3) is 6.29. The van der Waals surface area contributed by atoms with Gasteiger partial charge in [0.15, 0.2) is 0 Å². The van der Waals surface area contributed by atoms with E-state index in [1.165, 1.54) is 129 Å². The normalized spacial score (nSPS) is 21.5. The molecule has 295 valence electrons. The molecule has 4 aliphatic carbocycles. The van der Waals surface area contributed by atoms with Gasteiger partial charge in [0.05, 0.1) is 0 Å². The molecule has 0 radical (unpaired) electrons. The molecule has 6 aromatic carbocycles. The Morgan fingerprint density at radius 3 is 1.28 bits per heavy atom. The third-order valence-corrected chi connectivity index (χ3v) is 67.4. The van der Waals surface area contributed by atoms with Crippen LogP contribution < -0.4 is 0 Å². The van der Waals surface area contributed by atoms with Crippen molar-refractivity contribution in [3.63, 3.8) is 0 Å². The van der Waals surface area contributed by atoms with Crippen molar-refractivity contribution in [2.24, 2.45) is 10.8 Å². The molecule has 0 aromatic heterocycles. The monoisotopic (exact) mass is 893 g/mol. The molecule has 0 spiro atoms. The van der Waals surface area contributed by atoms with Crippen LogP contribution in [0.25, 0.3) is 56.0 Å². The maximum absolute atomic E-state index is 9.19. The van der Waals surface area contributed by atoms with Crippen molar-refractivity contribution in [2.45, 2.75) is 98.4 Å². The SMILES string of the molecule is C[SiH](C)[Zr]([Cl])([Cl])([CH]1C(CC2(C)CCCC2)=Cc2c(-c3cccc4ccccc34)cccc21)[CH]1C(CC2(C)CCCC2)=Cc2c(-c3cccc4ccccc34)cccc21. The van der Waals surface area contributed by atoms with Crippen LogP contribution in [0.15, 0.2) is 132 Å². The van der Waals surface area contributed by atoms with Gasteiger partial charge in [-0.05, 0) is 0 Å². The molecule has 2 unspecified atom stereocenters. The first-order valence-corrected chi connectivity index (χ1v) is 38.5. The molecule has 6 aromatic rings. The Kier molecular flexibility index (Phi) is 9.84. The van der Waals surface area contributed by atoms with Crippen LogP contribution in [0.1, 0.15) is 108 Å². The fourth-order valence-corrected chi connectivity index (χ4v) is 43.9. The first-order chi connectivity index (χ1) is 28.0. The van der Waals surface area contributed by atoms with Crippen LogP contribution in [-0.4, -0.2) is 5.92 Å². The Bertz CT molecular complexity index is 2470. The number of hydrogen-bond acceptors (Lipinski definition) is 0. The van der Waals surface area contributed by atoms with Gasteiger partial charge in [-0.25, -0.2) is 0 Å². The topological polar surface area (TPSA) is 0 Å². The zero-order chi connectivity index (χ0) is 39.9. The summed E-state index contributed by atoms with van der Waals surface area (Å²) < 4.78 is 0.159. The zero-order valence-electron chi connectivity index (χ0n) is 34.8. The molecule has 58 heavy (non-hydrogen) atoms. The summed E-state index contributed by atoms with van der Waals surface area (Å²) in [6.45, 7) is 10.2. The predicted molar refractivity (Wildman–Crippen MR) is 253 cm³/mol. The first-order valence-electron chi connectivity index (χ1n) is 22.2. The van der Waals surface area contributed by atoms with Crippen LogP contribution in [0.4, 0.5) is 0 Å². The van der Waals surface area contributed by atoms with Gasteiger partial charge in [-0.15, -0.1) is 0 Å². The number of rotatable bonds is 9. The van der Waals surface area contributed by atoms with E-state index >= 15 is 0 Å². The third-order valence-electron chi connectivity index (χ3n) is 15.6. The minimum atomic E-state index is -5.10. The van der Waals surface area contributed by atoms with Crippen LogP contribution >= 0.6 is 17.0 Å². The summed E-state index contributed by atoms with van der Waals surface area (Å²) in [7, 11) is 18.4. The van der Waals surface area contributed by atoms with E-state index < -0.39 is 21.5 Å². The van der Waals surface area contributed by atoms with Crippen LogP contribution in [0.2, 0.25) is 13.1 Å². The quantitative estimate of drug-likeness (QED) is 0.127. The standard InChI is InChI=1S/2C26H25.C2H7Si.2ClH.Zr/c2*1-26(14-4-5-15-26)18-19-16-21-10-7-13-24(25(21)17-19)23-12-6-9-20-8-2-3-11-22(20)23;1-3-2;;;/h2*2-3,6-13,16-17H,4-5,14-15,18H2,1H3;3H,1-2H3;2*1H;/q;;;;;+2/p-2. The van der Waals surface area contributed by atoms with Crippen LogP contribution in [0.5, 0.6) is 0 Å². The van der Waals surface area contributed by atoms with Gasteiger partial charge in [0.2, 0.25) is 0 Å². The molecule has 0 amide bonds. The molecule has 0 saturated heterocycles. The Labute approximate surface area is 355 Å². The van der Waals surface area contributed by atoms with Crippen molar-refractivity contribution in [1.29, 1.82) is 0 Å². The van der Waals surface area contributed by atoms with Gasteiger partial charge in [-0.1, -0.05) is 0 Å². The molecule has 0 heterocycles. The first kappa shape index (κ1) is 39.2. The van der Waals surface area contributed by atoms with E-state index in [4.69, 9.17) is 0 Å². The number of fused-ring (bicyclic) bond motifs is 4. The fourth-order valence-electron chi connectivity index (χ4n) is 12.6. The molecule has 0 nitrogen and oxygen atoms in total. The summed E-state index contributed by atoms with van der Waals surface area (Å²) in [5.41, 5.74) is 14.4. The molecular weight excluding hydrogens is 839 g/mol. The van der Waals surface area contributed by atoms with Crippen LogP contribution in [-0.2, 0) is 15.6 Å². The summed E-state index contributed by atoms with van der Waals surface area (Å²) >= 11 is -5.10. The molecule has 2 saturated carbocycles. The molecule has 4 aliphatic rings. The van der Waals surface area contributed by atoms with Gasteiger partial charge in [-0.3, -0.25) is 0 Å². The van der Waals surface area contributed by atoms with Gasteiger partial charge >= 0.3 is 358 Å². The van der Waals surface area contributed by atoms with E-state index in [1.807, 2.05) is 0 Å². The van der Waals surface area contributed by atoms with Gasteiger partial charge < -0.3 is 0 Å². The Morgan fingerprint density at radius 2 is 0.862 bits per heavy atom. The molecular formula is C54H57Cl2SiZr. The predicted octanol–water partition coefficient (Wildman–Crippen LogP) is 16.8. The Hall–Kier alpha value is -3.00. The summed E-state index contributed by atoms with van der Waals surface area (Å²) in [6.07, 6.45) is 17.8.